The van der Waals surface area contributed by atoms with Gasteiger partial charge in [-0.05, 0) is 12.1 Å². The van der Waals surface area contributed by atoms with Crippen molar-refractivity contribution >= 4 is 36.7 Å². The van der Waals surface area contributed by atoms with Crippen molar-refractivity contribution in [2.75, 3.05) is 31.1 Å². The van der Waals surface area contributed by atoms with E-state index in [1.807, 2.05) is 0 Å². The van der Waals surface area contributed by atoms with Gasteiger partial charge in [-0.3, -0.25) is 4.79 Å². The molecular weight excluding hydrogens is 339 g/mol. The highest BCUT2D eigenvalue weighted by Crippen LogP contribution is 2.17. The summed E-state index contributed by atoms with van der Waals surface area (Å²) in [6, 6.07) is 5.13. The van der Waals surface area contributed by atoms with Crippen molar-refractivity contribution in [2.24, 2.45) is 5.73 Å². The molecule has 2 aromatic rings. The second-order valence-corrected chi connectivity index (χ2v) is 4.78. The van der Waals surface area contributed by atoms with Gasteiger partial charge in [0.2, 0.25) is 5.95 Å². The second kappa shape index (κ2) is 8.61. The SMILES string of the molecule is Cl.Cl.NC(=O)c1cccc(-c2cnc(N3CCNCC3)nc2)n1. The summed E-state index contributed by atoms with van der Waals surface area (Å²) in [5.74, 6) is 0.168. The first-order valence-electron chi connectivity index (χ1n) is 6.79. The Morgan fingerprint density at radius 1 is 1.13 bits per heavy atom. The Labute approximate surface area is 146 Å². The number of nitrogens with two attached hydrogens (primary N) is 1. The molecule has 3 heterocycles. The summed E-state index contributed by atoms with van der Waals surface area (Å²) in [4.78, 5) is 26.3. The second-order valence-electron chi connectivity index (χ2n) is 4.78. The van der Waals surface area contributed by atoms with Crippen LogP contribution in [0, 0.1) is 0 Å². The maximum Gasteiger partial charge on any atom is 0.267 e. The topological polar surface area (TPSA) is 97.0 Å². The molecule has 0 aromatic carbocycles. The Morgan fingerprint density at radius 3 is 2.39 bits per heavy atom. The van der Waals surface area contributed by atoms with Crippen LogP contribution < -0.4 is 16.0 Å². The van der Waals surface area contributed by atoms with Gasteiger partial charge in [0.25, 0.3) is 5.91 Å². The molecule has 0 unspecified atom stereocenters. The minimum atomic E-state index is -0.546. The summed E-state index contributed by atoms with van der Waals surface area (Å²) in [6.07, 6.45) is 3.44. The Kier molecular flexibility index (Phi) is 7.15. The predicted molar refractivity (Wildman–Crippen MR) is 93.4 cm³/mol. The molecule has 7 nitrogen and oxygen atoms in total. The van der Waals surface area contributed by atoms with Crippen LogP contribution in [-0.4, -0.2) is 47.0 Å². The lowest BCUT2D eigenvalue weighted by atomic mass is 10.2. The molecule has 2 aromatic heterocycles. The fraction of sp³-hybridized carbons (Fsp3) is 0.286. The van der Waals surface area contributed by atoms with E-state index in [1.165, 1.54) is 0 Å². The summed E-state index contributed by atoms with van der Waals surface area (Å²) in [5, 5.41) is 3.29. The fourth-order valence-corrected chi connectivity index (χ4v) is 2.21. The monoisotopic (exact) mass is 356 g/mol. The van der Waals surface area contributed by atoms with Crippen LogP contribution in [0.2, 0.25) is 0 Å². The number of halogens is 2. The average Bonchev–Trinajstić information content (AvgIpc) is 2.56. The van der Waals surface area contributed by atoms with Crippen molar-refractivity contribution < 1.29 is 4.79 Å². The Hall–Kier alpha value is -1.96. The maximum atomic E-state index is 11.2. The third-order valence-corrected chi connectivity index (χ3v) is 3.34. The van der Waals surface area contributed by atoms with Crippen molar-refractivity contribution in [1.29, 1.82) is 0 Å². The number of carbonyl (C=O) groups is 1. The number of hydrogen-bond acceptors (Lipinski definition) is 6. The third kappa shape index (κ3) is 4.51. The highest BCUT2D eigenvalue weighted by molar-refractivity contribution is 5.91. The zero-order valence-electron chi connectivity index (χ0n) is 12.3. The number of amides is 1. The minimum Gasteiger partial charge on any atom is -0.364 e. The molecule has 0 saturated carbocycles. The quantitative estimate of drug-likeness (QED) is 0.847. The number of piperazine rings is 1. The molecule has 1 amide bonds. The number of primary amides is 1. The number of nitrogens with zero attached hydrogens (tertiary/aromatic N) is 4. The van der Waals surface area contributed by atoms with Gasteiger partial charge in [-0.1, -0.05) is 6.07 Å². The molecule has 0 atom stereocenters. The van der Waals surface area contributed by atoms with Gasteiger partial charge < -0.3 is 16.0 Å². The lowest BCUT2D eigenvalue weighted by Crippen LogP contribution is -2.44. The molecule has 1 saturated heterocycles. The molecule has 3 N–H and O–H groups in total. The zero-order valence-corrected chi connectivity index (χ0v) is 13.9. The molecule has 23 heavy (non-hydrogen) atoms. The van der Waals surface area contributed by atoms with Gasteiger partial charge in [-0.2, -0.15) is 0 Å². The van der Waals surface area contributed by atoms with Crippen LogP contribution in [0.5, 0.6) is 0 Å². The molecule has 124 valence electrons. The Morgan fingerprint density at radius 2 is 1.78 bits per heavy atom. The number of anilines is 1. The first-order chi connectivity index (χ1) is 10.2. The van der Waals surface area contributed by atoms with E-state index in [2.05, 4.69) is 25.2 Å². The van der Waals surface area contributed by atoms with E-state index in [-0.39, 0.29) is 30.5 Å². The maximum absolute atomic E-state index is 11.2. The number of nitrogens with one attached hydrogen (secondary N) is 1. The van der Waals surface area contributed by atoms with Crippen LogP contribution in [0.1, 0.15) is 10.5 Å². The summed E-state index contributed by atoms with van der Waals surface area (Å²) >= 11 is 0. The van der Waals surface area contributed by atoms with E-state index >= 15 is 0 Å². The largest absolute Gasteiger partial charge is 0.364 e. The van der Waals surface area contributed by atoms with E-state index in [0.29, 0.717) is 11.6 Å². The molecule has 3 rings (SSSR count). The van der Waals surface area contributed by atoms with Gasteiger partial charge >= 0.3 is 0 Å². The van der Waals surface area contributed by atoms with Crippen LogP contribution in [0.15, 0.2) is 30.6 Å². The van der Waals surface area contributed by atoms with E-state index in [9.17, 15) is 4.79 Å². The van der Waals surface area contributed by atoms with Gasteiger partial charge in [0.15, 0.2) is 0 Å². The average molecular weight is 357 g/mol. The lowest BCUT2D eigenvalue weighted by Gasteiger charge is -2.27. The van der Waals surface area contributed by atoms with Crippen LogP contribution in [0.4, 0.5) is 5.95 Å². The number of rotatable bonds is 3. The lowest BCUT2D eigenvalue weighted by molar-refractivity contribution is 0.0995. The van der Waals surface area contributed by atoms with Gasteiger partial charge in [-0.15, -0.1) is 24.8 Å². The highest BCUT2D eigenvalue weighted by atomic mass is 35.5. The highest BCUT2D eigenvalue weighted by Gasteiger charge is 2.13. The van der Waals surface area contributed by atoms with Gasteiger partial charge in [0.05, 0.1) is 5.69 Å². The normalized spacial score (nSPS) is 13.7. The zero-order chi connectivity index (χ0) is 14.7. The number of aromatic nitrogens is 3. The summed E-state index contributed by atoms with van der Waals surface area (Å²) < 4.78 is 0. The van der Waals surface area contributed by atoms with Crippen LogP contribution in [-0.2, 0) is 0 Å². The number of hydrogen-bond donors (Lipinski definition) is 2. The van der Waals surface area contributed by atoms with Crippen molar-refractivity contribution in [2.45, 2.75) is 0 Å². The van der Waals surface area contributed by atoms with Crippen molar-refractivity contribution in [3.63, 3.8) is 0 Å². The Balaban J connectivity index is 0.00000132. The van der Waals surface area contributed by atoms with E-state index < -0.39 is 5.91 Å². The molecule has 0 radical (unpaired) electrons. The number of carbonyl (C=O) groups excluding carboxylic acids is 1. The molecular formula is C14H18Cl2N6O. The summed E-state index contributed by atoms with van der Waals surface area (Å²) in [5.41, 5.74) is 6.87. The van der Waals surface area contributed by atoms with E-state index in [0.717, 1.165) is 31.7 Å². The predicted octanol–water partition coefficient (Wildman–Crippen LogP) is 0.891. The third-order valence-electron chi connectivity index (χ3n) is 3.34. The molecule has 0 aliphatic carbocycles. The first-order valence-corrected chi connectivity index (χ1v) is 6.79. The fourth-order valence-electron chi connectivity index (χ4n) is 2.21. The van der Waals surface area contributed by atoms with E-state index in [4.69, 9.17) is 5.73 Å². The number of pyridine rings is 1. The van der Waals surface area contributed by atoms with Crippen molar-refractivity contribution in [3.8, 4) is 11.3 Å². The van der Waals surface area contributed by atoms with Crippen molar-refractivity contribution in [1.82, 2.24) is 20.3 Å². The molecule has 9 heteroatoms. The molecule has 1 aliphatic heterocycles. The summed E-state index contributed by atoms with van der Waals surface area (Å²) in [6.45, 7) is 3.67. The van der Waals surface area contributed by atoms with Crippen molar-refractivity contribution in [3.05, 3.63) is 36.3 Å². The molecule has 1 aliphatic rings. The first kappa shape index (κ1) is 19.1. The molecule has 0 spiro atoms. The Bertz CT molecular complexity index is 646. The van der Waals surface area contributed by atoms with E-state index in [1.54, 1.807) is 30.6 Å². The standard InChI is InChI=1S/C14H16N6O.2ClH/c15-13(21)12-3-1-2-11(19-12)10-8-17-14(18-9-10)20-6-4-16-5-7-20;;/h1-3,8-9,16H,4-7H2,(H2,15,21);2*1H. The molecule has 1 fully saturated rings. The summed E-state index contributed by atoms with van der Waals surface area (Å²) in [7, 11) is 0. The smallest absolute Gasteiger partial charge is 0.267 e. The van der Waals surface area contributed by atoms with Gasteiger partial charge in [0.1, 0.15) is 5.69 Å². The van der Waals surface area contributed by atoms with Gasteiger partial charge in [0, 0.05) is 44.1 Å². The molecule has 0 bridgehead atoms. The minimum absolute atomic E-state index is 0. The van der Waals surface area contributed by atoms with Crippen LogP contribution in [0.25, 0.3) is 11.3 Å². The van der Waals surface area contributed by atoms with Gasteiger partial charge in [-0.25, -0.2) is 15.0 Å². The van der Waals surface area contributed by atoms with Crippen LogP contribution >= 0.6 is 24.8 Å². The van der Waals surface area contributed by atoms with Crippen LogP contribution in [0.3, 0.4) is 0 Å².